The number of aryl methyl sites for hydroxylation is 1. The maximum atomic E-state index is 5.71. The summed E-state index contributed by atoms with van der Waals surface area (Å²) in [5, 5.41) is 4.27. The van der Waals surface area contributed by atoms with Gasteiger partial charge in [-0.15, -0.1) is 0 Å². The van der Waals surface area contributed by atoms with Gasteiger partial charge in [-0.2, -0.15) is 11.8 Å². The van der Waals surface area contributed by atoms with Crippen LogP contribution in [0.15, 0.2) is 6.07 Å². The highest BCUT2D eigenvalue weighted by Gasteiger charge is 2.24. The van der Waals surface area contributed by atoms with Crippen LogP contribution >= 0.6 is 11.8 Å². The minimum Gasteiger partial charge on any atom is -0.384 e. The molecule has 0 aliphatic heterocycles. The minimum atomic E-state index is 0.535. The van der Waals surface area contributed by atoms with Gasteiger partial charge in [0.2, 0.25) is 0 Å². The van der Waals surface area contributed by atoms with E-state index in [1.807, 2.05) is 13.0 Å². The highest BCUT2D eigenvalue weighted by atomic mass is 32.2. The Hall–Kier alpha value is -0.970. The predicted molar refractivity (Wildman–Crippen MR) is 74.4 cm³/mol. The highest BCUT2D eigenvalue weighted by molar-refractivity contribution is 7.99. The van der Waals surface area contributed by atoms with E-state index in [0.29, 0.717) is 11.9 Å². The maximum Gasteiger partial charge on any atom is 0.132 e. The first kappa shape index (κ1) is 12.5. The second kappa shape index (κ2) is 5.58. The molecule has 0 aromatic carbocycles. The summed E-state index contributed by atoms with van der Waals surface area (Å²) in [4.78, 5) is 8.44. The summed E-state index contributed by atoms with van der Waals surface area (Å²) in [6, 6.07) is 2.35. The monoisotopic (exact) mass is 252 g/mol. The predicted octanol–water partition coefficient (Wildman–Crippen LogP) is 2.45. The zero-order chi connectivity index (χ0) is 12.3. The molecule has 5 heteroatoms. The van der Waals surface area contributed by atoms with Gasteiger partial charge in [0.15, 0.2) is 0 Å². The van der Waals surface area contributed by atoms with E-state index in [0.717, 1.165) is 16.9 Å². The van der Waals surface area contributed by atoms with Crippen molar-refractivity contribution in [3.05, 3.63) is 11.9 Å². The zero-order valence-electron chi connectivity index (χ0n) is 10.4. The van der Waals surface area contributed by atoms with Crippen LogP contribution in [0.4, 0.5) is 11.6 Å². The van der Waals surface area contributed by atoms with E-state index >= 15 is 0 Å². The highest BCUT2D eigenvalue weighted by Crippen LogP contribution is 2.31. The van der Waals surface area contributed by atoms with Gasteiger partial charge in [-0.05, 0) is 31.9 Å². The summed E-state index contributed by atoms with van der Waals surface area (Å²) in [6.07, 6.45) is 3.75. The lowest BCUT2D eigenvalue weighted by atomic mass is 10.2. The number of anilines is 2. The van der Waals surface area contributed by atoms with Crippen molar-refractivity contribution in [2.24, 2.45) is 0 Å². The first-order chi connectivity index (χ1) is 8.17. The van der Waals surface area contributed by atoms with Crippen molar-refractivity contribution < 1.29 is 0 Å². The largest absolute Gasteiger partial charge is 0.384 e. The third-order valence-corrected chi connectivity index (χ3v) is 4.23. The standard InChI is InChI=1S/C12H20N4S/c1-3-17-10-5-4-9(6-10)16-12-7-11(13)14-8(2)15-12/h7,9-10H,3-6H2,1-2H3,(H3,13,14,15,16). The molecule has 1 aromatic heterocycles. The fourth-order valence-electron chi connectivity index (χ4n) is 2.33. The van der Waals surface area contributed by atoms with Crippen LogP contribution in [0.2, 0.25) is 0 Å². The second-order valence-electron chi connectivity index (χ2n) is 4.46. The van der Waals surface area contributed by atoms with E-state index in [1.165, 1.54) is 25.0 Å². The van der Waals surface area contributed by atoms with Gasteiger partial charge in [0.1, 0.15) is 17.5 Å². The van der Waals surface area contributed by atoms with E-state index in [1.54, 1.807) is 0 Å². The van der Waals surface area contributed by atoms with Gasteiger partial charge in [-0.3, -0.25) is 0 Å². The summed E-state index contributed by atoms with van der Waals surface area (Å²) < 4.78 is 0. The Bertz CT molecular complexity index is 363. The van der Waals surface area contributed by atoms with Crippen molar-refractivity contribution in [3.8, 4) is 0 Å². The summed E-state index contributed by atoms with van der Waals surface area (Å²) in [5.74, 6) is 3.33. The Morgan fingerprint density at radius 2 is 2.29 bits per heavy atom. The van der Waals surface area contributed by atoms with E-state index in [4.69, 9.17) is 5.73 Å². The molecular weight excluding hydrogens is 232 g/mol. The summed E-state index contributed by atoms with van der Waals surface area (Å²) in [5.41, 5.74) is 5.71. The van der Waals surface area contributed by atoms with Crippen molar-refractivity contribution in [2.45, 2.75) is 44.4 Å². The molecule has 0 bridgehead atoms. The van der Waals surface area contributed by atoms with Crippen molar-refractivity contribution in [1.29, 1.82) is 0 Å². The topological polar surface area (TPSA) is 63.8 Å². The number of rotatable bonds is 4. The van der Waals surface area contributed by atoms with E-state index in [9.17, 15) is 0 Å². The molecule has 0 spiro atoms. The quantitative estimate of drug-likeness (QED) is 0.861. The number of nitrogens with zero attached hydrogens (tertiary/aromatic N) is 2. The van der Waals surface area contributed by atoms with E-state index in [2.05, 4.69) is 34.0 Å². The van der Waals surface area contributed by atoms with E-state index < -0.39 is 0 Å². The summed E-state index contributed by atoms with van der Waals surface area (Å²) in [7, 11) is 0. The fourth-order valence-corrected chi connectivity index (χ4v) is 3.47. The molecule has 2 atom stereocenters. The number of aromatic nitrogens is 2. The molecule has 1 fully saturated rings. The Kier molecular flexibility index (Phi) is 4.10. The fraction of sp³-hybridized carbons (Fsp3) is 0.667. The molecule has 2 unspecified atom stereocenters. The number of hydrogen-bond donors (Lipinski definition) is 2. The average molecular weight is 252 g/mol. The molecule has 1 aromatic rings. The summed E-state index contributed by atoms with van der Waals surface area (Å²) in [6.45, 7) is 4.09. The van der Waals surface area contributed by atoms with Crippen molar-refractivity contribution >= 4 is 23.4 Å². The van der Waals surface area contributed by atoms with Crippen LogP contribution in [-0.4, -0.2) is 27.0 Å². The SMILES string of the molecule is CCSC1CCC(Nc2cc(N)nc(C)n2)C1. The van der Waals surface area contributed by atoms with Gasteiger partial charge in [0, 0.05) is 17.4 Å². The smallest absolute Gasteiger partial charge is 0.132 e. The molecule has 2 rings (SSSR count). The Balaban J connectivity index is 1.93. The Labute approximate surface area is 107 Å². The molecule has 17 heavy (non-hydrogen) atoms. The lowest BCUT2D eigenvalue weighted by Gasteiger charge is -2.14. The minimum absolute atomic E-state index is 0.535. The molecule has 1 aliphatic rings. The van der Waals surface area contributed by atoms with Crippen molar-refractivity contribution in [3.63, 3.8) is 0 Å². The van der Waals surface area contributed by atoms with Gasteiger partial charge in [-0.25, -0.2) is 9.97 Å². The zero-order valence-corrected chi connectivity index (χ0v) is 11.3. The molecule has 0 radical (unpaired) electrons. The molecule has 1 heterocycles. The maximum absolute atomic E-state index is 5.71. The number of nitrogen functional groups attached to an aromatic ring is 1. The second-order valence-corrected chi connectivity index (χ2v) is 6.03. The van der Waals surface area contributed by atoms with Crippen LogP contribution in [0, 0.1) is 6.92 Å². The molecule has 3 N–H and O–H groups in total. The number of hydrogen-bond acceptors (Lipinski definition) is 5. The molecule has 0 amide bonds. The molecule has 1 saturated carbocycles. The Morgan fingerprint density at radius 1 is 1.47 bits per heavy atom. The van der Waals surface area contributed by atoms with Crippen LogP contribution in [0.5, 0.6) is 0 Å². The third-order valence-electron chi connectivity index (χ3n) is 3.00. The molecule has 1 aliphatic carbocycles. The Morgan fingerprint density at radius 3 is 3.00 bits per heavy atom. The molecule has 94 valence electrons. The molecule has 0 saturated heterocycles. The van der Waals surface area contributed by atoms with Crippen LogP contribution in [0.3, 0.4) is 0 Å². The van der Waals surface area contributed by atoms with Crippen LogP contribution in [0.1, 0.15) is 32.0 Å². The van der Waals surface area contributed by atoms with Crippen LogP contribution in [0.25, 0.3) is 0 Å². The molecule has 4 nitrogen and oxygen atoms in total. The first-order valence-electron chi connectivity index (χ1n) is 6.16. The third kappa shape index (κ3) is 3.49. The lowest BCUT2D eigenvalue weighted by Crippen LogP contribution is -2.17. The van der Waals surface area contributed by atoms with Gasteiger partial charge >= 0.3 is 0 Å². The lowest BCUT2D eigenvalue weighted by molar-refractivity contribution is 0.750. The number of thioether (sulfide) groups is 1. The van der Waals surface area contributed by atoms with E-state index in [-0.39, 0.29) is 0 Å². The van der Waals surface area contributed by atoms with Gasteiger partial charge < -0.3 is 11.1 Å². The van der Waals surface area contributed by atoms with Gasteiger partial charge in [-0.1, -0.05) is 6.92 Å². The van der Waals surface area contributed by atoms with Crippen molar-refractivity contribution in [2.75, 3.05) is 16.8 Å². The number of nitrogens with two attached hydrogens (primary N) is 1. The van der Waals surface area contributed by atoms with Gasteiger partial charge in [0.25, 0.3) is 0 Å². The molecular formula is C12H20N4S. The normalized spacial score (nSPS) is 23.9. The average Bonchev–Trinajstić information content (AvgIpc) is 2.64. The summed E-state index contributed by atoms with van der Waals surface area (Å²) >= 11 is 2.06. The number of nitrogens with one attached hydrogen (secondary N) is 1. The first-order valence-corrected chi connectivity index (χ1v) is 7.21. The van der Waals surface area contributed by atoms with Crippen LogP contribution in [-0.2, 0) is 0 Å². The van der Waals surface area contributed by atoms with Crippen molar-refractivity contribution in [1.82, 2.24) is 9.97 Å². The van der Waals surface area contributed by atoms with Gasteiger partial charge in [0.05, 0.1) is 0 Å². The van der Waals surface area contributed by atoms with Crippen LogP contribution < -0.4 is 11.1 Å².